The average molecular weight is 477 g/mol. The van der Waals surface area contributed by atoms with Gasteiger partial charge in [-0.25, -0.2) is 0 Å². The molecule has 4 aromatic rings. The minimum absolute atomic E-state index is 0.122. The summed E-state index contributed by atoms with van der Waals surface area (Å²) >= 11 is 2.69. The van der Waals surface area contributed by atoms with Crippen LogP contribution in [0.15, 0.2) is 58.5 Å². The van der Waals surface area contributed by atoms with Gasteiger partial charge in [-0.2, -0.15) is 13.2 Å². The number of hydrogen-bond donors (Lipinski definition) is 0. The molecule has 1 fully saturated rings. The lowest BCUT2D eigenvalue weighted by atomic mass is 10.2. The van der Waals surface area contributed by atoms with Gasteiger partial charge in [-0.15, -0.1) is 10.2 Å². The van der Waals surface area contributed by atoms with E-state index >= 15 is 0 Å². The van der Waals surface area contributed by atoms with Crippen molar-refractivity contribution < 1.29 is 13.2 Å². The molecule has 5 nitrogen and oxygen atoms in total. The van der Waals surface area contributed by atoms with Crippen molar-refractivity contribution in [3.05, 3.63) is 69.6 Å². The van der Waals surface area contributed by atoms with Gasteiger partial charge in [-0.1, -0.05) is 54.1 Å². The van der Waals surface area contributed by atoms with Gasteiger partial charge >= 0.3 is 11.0 Å². The van der Waals surface area contributed by atoms with Gasteiger partial charge in [0, 0.05) is 5.25 Å². The third-order valence-electron chi connectivity index (χ3n) is 5.58. The third-order valence-corrected chi connectivity index (χ3v) is 7.82. The van der Waals surface area contributed by atoms with E-state index in [0.717, 1.165) is 59.4 Å². The number of halogens is 3. The van der Waals surface area contributed by atoms with E-state index in [-0.39, 0.29) is 11.4 Å². The minimum Gasteiger partial charge on any atom is -0.291 e. The van der Waals surface area contributed by atoms with Gasteiger partial charge in [0.2, 0.25) is 0 Å². The fourth-order valence-electron chi connectivity index (χ4n) is 4.02. The molecule has 0 radical (unpaired) electrons. The Morgan fingerprint density at radius 1 is 1.06 bits per heavy atom. The number of alkyl halides is 3. The first-order valence-corrected chi connectivity index (χ1v) is 12.0. The molecule has 10 heteroatoms. The molecule has 2 aromatic carbocycles. The van der Waals surface area contributed by atoms with Crippen molar-refractivity contribution >= 4 is 33.3 Å². The molecule has 2 aromatic heterocycles. The number of fused-ring (bicyclic) bond motifs is 1. The van der Waals surface area contributed by atoms with Crippen molar-refractivity contribution in [3.8, 4) is 5.69 Å². The summed E-state index contributed by atoms with van der Waals surface area (Å²) in [7, 11) is 0. The Morgan fingerprint density at radius 3 is 2.62 bits per heavy atom. The molecule has 0 N–H and O–H groups in total. The van der Waals surface area contributed by atoms with Crippen molar-refractivity contribution in [2.75, 3.05) is 0 Å². The fourth-order valence-corrected chi connectivity index (χ4v) is 6.18. The van der Waals surface area contributed by atoms with Crippen LogP contribution in [0.25, 0.3) is 15.9 Å². The predicted molar refractivity (Wildman–Crippen MR) is 120 cm³/mol. The molecule has 0 unspecified atom stereocenters. The van der Waals surface area contributed by atoms with Gasteiger partial charge in [0.05, 0.1) is 28.0 Å². The van der Waals surface area contributed by atoms with E-state index in [2.05, 4.69) is 10.2 Å². The quantitative estimate of drug-likeness (QED) is 0.368. The summed E-state index contributed by atoms with van der Waals surface area (Å²) in [6.45, 7) is 0.122. The SMILES string of the molecule is O=c1sc2ccccc2n1Cc1nnc(SC2CCCC2)n1-c1cccc(C(F)(F)F)c1. The van der Waals surface area contributed by atoms with Crippen LogP contribution >= 0.6 is 23.1 Å². The lowest BCUT2D eigenvalue weighted by Crippen LogP contribution is -2.17. The number of hydrogen-bond acceptors (Lipinski definition) is 5. The number of thiazole rings is 1. The van der Waals surface area contributed by atoms with Crippen molar-refractivity contribution in [2.24, 2.45) is 0 Å². The fraction of sp³-hybridized carbons (Fsp3) is 0.318. The van der Waals surface area contributed by atoms with Crippen molar-refractivity contribution in [3.63, 3.8) is 0 Å². The Kier molecular flexibility index (Phi) is 5.58. The molecule has 0 aliphatic heterocycles. The topological polar surface area (TPSA) is 52.7 Å². The zero-order valence-electron chi connectivity index (χ0n) is 16.9. The monoisotopic (exact) mass is 476 g/mol. The average Bonchev–Trinajstić information content (AvgIpc) is 3.49. The zero-order valence-corrected chi connectivity index (χ0v) is 18.5. The molecule has 0 saturated heterocycles. The zero-order chi connectivity index (χ0) is 22.3. The highest BCUT2D eigenvalue weighted by molar-refractivity contribution is 7.99. The normalized spacial score (nSPS) is 15.1. The van der Waals surface area contributed by atoms with Crippen LogP contribution in [0.5, 0.6) is 0 Å². The van der Waals surface area contributed by atoms with E-state index in [9.17, 15) is 18.0 Å². The first-order valence-electron chi connectivity index (χ1n) is 10.3. The molecule has 32 heavy (non-hydrogen) atoms. The van der Waals surface area contributed by atoms with Crippen LogP contribution in [0.1, 0.15) is 37.1 Å². The van der Waals surface area contributed by atoms with Crippen molar-refractivity contribution in [1.29, 1.82) is 0 Å². The smallest absolute Gasteiger partial charge is 0.291 e. The van der Waals surface area contributed by atoms with E-state index in [1.165, 1.54) is 6.07 Å². The van der Waals surface area contributed by atoms with E-state index in [4.69, 9.17) is 0 Å². The molecular formula is C22H19F3N4OS2. The summed E-state index contributed by atoms with van der Waals surface area (Å²) < 4.78 is 44.3. The van der Waals surface area contributed by atoms with Crippen molar-refractivity contribution in [1.82, 2.24) is 19.3 Å². The van der Waals surface area contributed by atoms with E-state index in [1.807, 2.05) is 24.3 Å². The molecule has 0 amide bonds. The second-order valence-electron chi connectivity index (χ2n) is 7.73. The number of thioether (sulfide) groups is 1. The summed E-state index contributed by atoms with van der Waals surface area (Å²) in [5.41, 5.74) is 0.378. The lowest BCUT2D eigenvalue weighted by molar-refractivity contribution is -0.137. The van der Waals surface area contributed by atoms with Crippen molar-refractivity contribution in [2.45, 2.75) is 48.8 Å². The summed E-state index contributed by atoms with van der Waals surface area (Å²) in [5, 5.41) is 9.54. The molecule has 1 aliphatic carbocycles. The van der Waals surface area contributed by atoms with Gasteiger partial charge in [0.15, 0.2) is 11.0 Å². The van der Waals surface area contributed by atoms with Gasteiger partial charge in [-0.3, -0.25) is 13.9 Å². The first kappa shape index (κ1) is 21.3. The number of aromatic nitrogens is 4. The largest absolute Gasteiger partial charge is 0.416 e. The Labute approximate surface area is 189 Å². The van der Waals surface area contributed by atoms with Crippen LogP contribution in [0.2, 0.25) is 0 Å². The first-order chi connectivity index (χ1) is 15.4. The molecule has 2 heterocycles. The maximum absolute atomic E-state index is 13.4. The van der Waals surface area contributed by atoms with E-state index < -0.39 is 11.7 Å². The van der Waals surface area contributed by atoms with Gasteiger partial charge in [0.1, 0.15) is 0 Å². The second kappa shape index (κ2) is 8.40. The Morgan fingerprint density at radius 2 is 1.84 bits per heavy atom. The highest BCUT2D eigenvalue weighted by Gasteiger charge is 2.31. The predicted octanol–water partition coefficient (Wildman–Crippen LogP) is 5.75. The van der Waals surface area contributed by atoms with Crippen LogP contribution in [0.3, 0.4) is 0 Å². The molecule has 1 aliphatic rings. The van der Waals surface area contributed by atoms with Crippen LogP contribution in [-0.4, -0.2) is 24.6 Å². The molecular weight excluding hydrogens is 457 g/mol. The number of para-hydroxylation sites is 1. The number of nitrogens with zero attached hydrogens (tertiary/aromatic N) is 4. The Balaban J connectivity index is 1.61. The highest BCUT2D eigenvalue weighted by Crippen LogP contribution is 2.36. The van der Waals surface area contributed by atoms with Crippen LogP contribution in [0.4, 0.5) is 13.2 Å². The maximum Gasteiger partial charge on any atom is 0.416 e. The van der Waals surface area contributed by atoms with Gasteiger partial charge in [0.25, 0.3) is 0 Å². The highest BCUT2D eigenvalue weighted by atomic mass is 32.2. The standard InChI is InChI=1S/C22H19F3N4OS2/c23-22(24,25)14-6-5-7-15(12-14)29-19(26-27-20(29)31-16-8-1-2-9-16)13-28-17-10-3-4-11-18(17)32-21(28)30/h3-7,10-12,16H,1-2,8-9,13H2. The molecule has 0 spiro atoms. The maximum atomic E-state index is 13.4. The minimum atomic E-state index is -4.45. The summed E-state index contributed by atoms with van der Waals surface area (Å²) in [5.74, 6) is 0.426. The lowest BCUT2D eigenvalue weighted by Gasteiger charge is -2.15. The molecule has 0 atom stereocenters. The molecule has 5 rings (SSSR count). The van der Waals surface area contributed by atoms with Gasteiger partial charge < -0.3 is 0 Å². The molecule has 1 saturated carbocycles. The Hall–Kier alpha value is -2.59. The van der Waals surface area contributed by atoms with Crippen LogP contribution in [-0.2, 0) is 12.7 Å². The molecule has 0 bridgehead atoms. The van der Waals surface area contributed by atoms with Crippen LogP contribution in [0, 0.1) is 0 Å². The number of benzene rings is 2. The Bertz CT molecular complexity index is 1320. The van der Waals surface area contributed by atoms with E-state index in [0.29, 0.717) is 21.9 Å². The summed E-state index contributed by atoms with van der Waals surface area (Å²) in [6.07, 6.45) is -0.0887. The summed E-state index contributed by atoms with van der Waals surface area (Å²) in [6, 6.07) is 12.6. The van der Waals surface area contributed by atoms with Crippen LogP contribution < -0.4 is 4.87 Å². The number of rotatable bonds is 5. The summed E-state index contributed by atoms with van der Waals surface area (Å²) in [4.78, 5) is 12.5. The second-order valence-corrected chi connectivity index (χ2v) is 9.99. The molecule has 166 valence electrons. The van der Waals surface area contributed by atoms with E-state index in [1.54, 1.807) is 27.0 Å². The van der Waals surface area contributed by atoms with Gasteiger partial charge in [-0.05, 0) is 43.2 Å². The third kappa shape index (κ3) is 4.09.